The van der Waals surface area contributed by atoms with Gasteiger partial charge in [-0.05, 0) is 60.7 Å². The number of carbonyl (C=O) groups excluding carboxylic acids is 1. The van der Waals surface area contributed by atoms with Gasteiger partial charge in [0.25, 0.3) is 0 Å². The van der Waals surface area contributed by atoms with Crippen molar-refractivity contribution in [1.82, 2.24) is 4.90 Å². The second-order valence-electron chi connectivity index (χ2n) is 8.57. The standard InChI is InChI=1S/C25H34N2O4/c1-18(2)15-25(29)27(20-6-8-22(30-3)9-7-20)21-11-13-26(14-12-21)17-19-5-10-23(28)24(16-19)31-4/h5-10,16,18,21,28H,11-15,17H2,1-4H3. The van der Waals surface area contributed by atoms with Crippen LogP contribution in [0.15, 0.2) is 42.5 Å². The summed E-state index contributed by atoms with van der Waals surface area (Å²) in [5.74, 6) is 1.94. The molecular formula is C25H34N2O4. The predicted octanol–water partition coefficient (Wildman–Crippen LogP) is 4.45. The number of methoxy groups -OCH3 is 2. The van der Waals surface area contributed by atoms with Gasteiger partial charge in [0.15, 0.2) is 11.5 Å². The van der Waals surface area contributed by atoms with Crippen LogP contribution >= 0.6 is 0 Å². The van der Waals surface area contributed by atoms with Gasteiger partial charge >= 0.3 is 0 Å². The van der Waals surface area contributed by atoms with Gasteiger partial charge in [0, 0.05) is 37.8 Å². The smallest absolute Gasteiger partial charge is 0.227 e. The fourth-order valence-electron chi connectivity index (χ4n) is 4.16. The summed E-state index contributed by atoms with van der Waals surface area (Å²) in [6.07, 6.45) is 2.38. The number of likely N-dealkylation sites (tertiary alicyclic amines) is 1. The van der Waals surface area contributed by atoms with Crippen molar-refractivity contribution < 1.29 is 19.4 Å². The van der Waals surface area contributed by atoms with E-state index in [4.69, 9.17) is 9.47 Å². The molecule has 6 heteroatoms. The Balaban J connectivity index is 1.68. The summed E-state index contributed by atoms with van der Waals surface area (Å²) in [5.41, 5.74) is 2.05. The van der Waals surface area contributed by atoms with E-state index in [-0.39, 0.29) is 17.7 Å². The van der Waals surface area contributed by atoms with Gasteiger partial charge in [0.05, 0.1) is 14.2 Å². The zero-order chi connectivity index (χ0) is 22.4. The van der Waals surface area contributed by atoms with E-state index in [1.165, 1.54) is 0 Å². The van der Waals surface area contributed by atoms with E-state index in [0.717, 1.165) is 49.5 Å². The van der Waals surface area contributed by atoms with E-state index < -0.39 is 0 Å². The van der Waals surface area contributed by atoms with E-state index >= 15 is 0 Å². The molecule has 1 fully saturated rings. The molecule has 168 valence electrons. The van der Waals surface area contributed by atoms with Crippen LogP contribution in [0.2, 0.25) is 0 Å². The molecule has 0 aromatic heterocycles. The van der Waals surface area contributed by atoms with E-state index in [2.05, 4.69) is 18.7 Å². The van der Waals surface area contributed by atoms with Crippen molar-refractivity contribution in [3.63, 3.8) is 0 Å². The predicted molar refractivity (Wildman–Crippen MR) is 123 cm³/mol. The highest BCUT2D eigenvalue weighted by Crippen LogP contribution is 2.30. The van der Waals surface area contributed by atoms with Gasteiger partial charge in [-0.15, -0.1) is 0 Å². The first kappa shape index (κ1) is 22.9. The summed E-state index contributed by atoms with van der Waals surface area (Å²) in [6, 6.07) is 13.5. The van der Waals surface area contributed by atoms with Crippen LogP contribution in [0, 0.1) is 5.92 Å². The highest BCUT2D eigenvalue weighted by molar-refractivity contribution is 5.94. The molecule has 1 aliphatic rings. The SMILES string of the molecule is COc1ccc(N(C(=O)CC(C)C)C2CCN(Cc3ccc(O)c(OC)c3)CC2)cc1. The lowest BCUT2D eigenvalue weighted by Crippen LogP contribution is -2.47. The Morgan fingerprint density at radius 2 is 1.77 bits per heavy atom. The highest BCUT2D eigenvalue weighted by Gasteiger charge is 2.29. The van der Waals surface area contributed by atoms with Crippen LogP contribution in [0.3, 0.4) is 0 Å². The molecule has 1 saturated heterocycles. The second-order valence-corrected chi connectivity index (χ2v) is 8.57. The molecule has 0 radical (unpaired) electrons. The zero-order valence-electron chi connectivity index (χ0n) is 19.0. The van der Waals surface area contributed by atoms with Crippen LogP contribution in [-0.2, 0) is 11.3 Å². The van der Waals surface area contributed by atoms with Crippen LogP contribution in [0.25, 0.3) is 0 Å². The summed E-state index contributed by atoms with van der Waals surface area (Å²) in [7, 11) is 3.21. The second kappa shape index (κ2) is 10.5. The van der Waals surface area contributed by atoms with Crippen molar-refractivity contribution in [3.05, 3.63) is 48.0 Å². The molecule has 1 aliphatic heterocycles. The third-order valence-corrected chi connectivity index (χ3v) is 5.77. The van der Waals surface area contributed by atoms with E-state index in [9.17, 15) is 9.90 Å². The van der Waals surface area contributed by atoms with Gasteiger partial charge in [-0.25, -0.2) is 0 Å². The molecule has 1 amide bonds. The molecule has 2 aromatic carbocycles. The van der Waals surface area contributed by atoms with Crippen LogP contribution in [0.1, 0.15) is 38.7 Å². The maximum atomic E-state index is 13.1. The molecule has 3 rings (SSSR count). The molecule has 0 spiro atoms. The number of piperidine rings is 1. The van der Waals surface area contributed by atoms with Crippen molar-refractivity contribution in [1.29, 1.82) is 0 Å². The summed E-state index contributed by atoms with van der Waals surface area (Å²) in [6.45, 7) is 6.79. The van der Waals surface area contributed by atoms with Crippen molar-refractivity contribution in [2.45, 2.75) is 45.7 Å². The lowest BCUT2D eigenvalue weighted by atomic mass is 9.99. The minimum absolute atomic E-state index is 0.156. The Kier molecular flexibility index (Phi) is 7.80. The van der Waals surface area contributed by atoms with Gasteiger partial charge in [-0.1, -0.05) is 19.9 Å². The van der Waals surface area contributed by atoms with Gasteiger partial charge in [-0.3, -0.25) is 9.69 Å². The number of nitrogens with zero attached hydrogens (tertiary/aromatic N) is 2. The number of phenolic OH excluding ortho intramolecular Hbond substituents is 1. The molecule has 1 N–H and O–H groups in total. The lowest BCUT2D eigenvalue weighted by molar-refractivity contribution is -0.120. The Labute approximate surface area is 185 Å². The van der Waals surface area contributed by atoms with Crippen molar-refractivity contribution in [2.75, 3.05) is 32.2 Å². The average molecular weight is 427 g/mol. The number of aromatic hydroxyl groups is 1. The minimum Gasteiger partial charge on any atom is -0.504 e. The van der Waals surface area contributed by atoms with Crippen LogP contribution in [0.5, 0.6) is 17.2 Å². The average Bonchev–Trinajstić information content (AvgIpc) is 2.76. The molecule has 1 heterocycles. The fraction of sp³-hybridized carbons (Fsp3) is 0.480. The third-order valence-electron chi connectivity index (χ3n) is 5.77. The van der Waals surface area contributed by atoms with Gasteiger partial charge < -0.3 is 19.5 Å². The lowest BCUT2D eigenvalue weighted by Gasteiger charge is -2.39. The quantitative estimate of drug-likeness (QED) is 0.676. The summed E-state index contributed by atoms with van der Waals surface area (Å²) >= 11 is 0. The topological polar surface area (TPSA) is 62.2 Å². The zero-order valence-corrected chi connectivity index (χ0v) is 19.0. The van der Waals surface area contributed by atoms with Crippen LogP contribution in [0.4, 0.5) is 5.69 Å². The number of hydrogen-bond donors (Lipinski definition) is 1. The molecule has 2 aromatic rings. The molecule has 0 saturated carbocycles. The molecule has 0 bridgehead atoms. The number of ether oxygens (including phenoxy) is 2. The Morgan fingerprint density at radius 1 is 1.10 bits per heavy atom. The first-order chi connectivity index (χ1) is 14.9. The van der Waals surface area contributed by atoms with Crippen molar-refractivity contribution >= 4 is 11.6 Å². The van der Waals surface area contributed by atoms with Crippen LogP contribution in [-0.4, -0.2) is 49.3 Å². The van der Waals surface area contributed by atoms with E-state index in [1.54, 1.807) is 20.3 Å². The number of hydrogen-bond acceptors (Lipinski definition) is 5. The van der Waals surface area contributed by atoms with Crippen molar-refractivity contribution in [2.24, 2.45) is 5.92 Å². The maximum absolute atomic E-state index is 13.1. The molecular weight excluding hydrogens is 392 g/mol. The molecule has 0 unspecified atom stereocenters. The molecule has 6 nitrogen and oxygen atoms in total. The van der Waals surface area contributed by atoms with Crippen LogP contribution < -0.4 is 14.4 Å². The van der Waals surface area contributed by atoms with Gasteiger partial charge in [0.1, 0.15) is 5.75 Å². The molecule has 31 heavy (non-hydrogen) atoms. The maximum Gasteiger partial charge on any atom is 0.227 e. The number of carbonyl (C=O) groups is 1. The van der Waals surface area contributed by atoms with E-state index in [0.29, 0.717) is 18.1 Å². The Bertz CT molecular complexity index is 858. The van der Waals surface area contributed by atoms with E-state index in [1.807, 2.05) is 41.3 Å². The number of amides is 1. The minimum atomic E-state index is 0.156. The van der Waals surface area contributed by atoms with Gasteiger partial charge in [-0.2, -0.15) is 0 Å². The first-order valence-electron chi connectivity index (χ1n) is 11.0. The number of benzene rings is 2. The number of rotatable bonds is 8. The normalized spacial score (nSPS) is 15.1. The summed E-state index contributed by atoms with van der Waals surface area (Å²) in [4.78, 5) is 17.5. The molecule has 0 aliphatic carbocycles. The van der Waals surface area contributed by atoms with Crippen molar-refractivity contribution in [3.8, 4) is 17.2 Å². The number of anilines is 1. The third kappa shape index (κ3) is 5.91. The monoisotopic (exact) mass is 426 g/mol. The Hall–Kier alpha value is -2.73. The fourth-order valence-corrected chi connectivity index (χ4v) is 4.16. The summed E-state index contributed by atoms with van der Waals surface area (Å²) in [5, 5.41) is 9.81. The number of phenols is 1. The largest absolute Gasteiger partial charge is 0.504 e. The first-order valence-corrected chi connectivity index (χ1v) is 11.0. The summed E-state index contributed by atoms with van der Waals surface area (Å²) < 4.78 is 10.5. The molecule has 0 atom stereocenters. The highest BCUT2D eigenvalue weighted by atomic mass is 16.5. The Morgan fingerprint density at radius 3 is 2.35 bits per heavy atom. The van der Waals surface area contributed by atoms with Gasteiger partial charge in [0.2, 0.25) is 5.91 Å².